The van der Waals surface area contributed by atoms with Gasteiger partial charge in [0.05, 0.1) is 5.69 Å². The Morgan fingerprint density at radius 1 is 1.06 bits per heavy atom. The van der Waals surface area contributed by atoms with E-state index in [1.54, 1.807) is 6.07 Å². The minimum absolute atomic E-state index is 0.140. The van der Waals surface area contributed by atoms with Gasteiger partial charge in [-0.3, -0.25) is 0 Å². The Morgan fingerprint density at radius 3 is 2.17 bits per heavy atom. The zero-order chi connectivity index (χ0) is 13.3. The molecule has 94 valence electrons. The molecule has 0 bridgehead atoms. The first-order valence-electron chi connectivity index (χ1n) is 5.77. The van der Waals surface area contributed by atoms with Gasteiger partial charge in [0.15, 0.2) is 0 Å². The lowest BCUT2D eigenvalue weighted by Crippen LogP contribution is -2.10. The van der Waals surface area contributed by atoms with Crippen molar-refractivity contribution >= 4 is 17.4 Å². The van der Waals surface area contributed by atoms with Crippen LogP contribution in [0.1, 0.15) is 26.3 Å². The van der Waals surface area contributed by atoms with Crippen molar-refractivity contribution in [1.29, 1.82) is 0 Å². The zero-order valence-corrected chi connectivity index (χ0v) is 11.5. The summed E-state index contributed by atoms with van der Waals surface area (Å²) in [5.41, 5.74) is 8.81. The fourth-order valence-electron chi connectivity index (χ4n) is 1.72. The first-order valence-corrected chi connectivity index (χ1v) is 6.15. The zero-order valence-electron chi connectivity index (χ0n) is 10.7. The molecule has 2 rings (SSSR count). The SMILES string of the molecule is CC(C)(C)c1ccc(-c2cc(N)nc(Cl)n2)cc1. The van der Waals surface area contributed by atoms with Gasteiger partial charge in [-0.25, -0.2) is 9.97 Å². The van der Waals surface area contributed by atoms with Crippen LogP contribution >= 0.6 is 11.6 Å². The van der Waals surface area contributed by atoms with E-state index in [1.807, 2.05) is 12.1 Å². The van der Waals surface area contributed by atoms with Crippen LogP contribution in [0, 0.1) is 0 Å². The molecule has 18 heavy (non-hydrogen) atoms. The van der Waals surface area contributed by atoms with Crippen molar-refractivity contribution in [2.75, 3.05) is 5.73 Å². The standard InChI is InChI=1S/C14H16ClN3/c1-14(2,3)10-6-4-9(5-7-10)11-8-12(16)18-13(15)17-11/h4-8H,1-3H3,(H2,16,17,18). The molecule has 0 spiro atoms. The Kier molecular flexibility index (Phi) is 3.26. The average molecular weight is 262 g/mol. The molecular formula is C14H16ClN3. The third kappa shape index (κ3) is 2.79. The second kappa shape index (κ2) is 4.58. The van der Waals surface area contributed by atoms with E-state index in [1.165, 1.54) is 5.56 Å². The Morgan fingerprint density at radius 2 is 1.67 bits per heavy atom. The highest BCUT2D eigenvalue weighted by Gasteiger charge is 2.13. The largest absolute Gasteiger partial charge is 0.384 e. The van der Waals surface area contributed by atoms with E-state index in [9.17, 15) is 0 Å². The molecule has 0 amide bonds. The van der Waals surface area contributed by atoms with Gasteiger partial charge in [0.25, 0.3) is 0 Å². The number of aromatic nitrogens is 2. The number of nitrogens with two attached hydrogens (primary N) is 1. The van der Waals surface area contributed by atoms with Gasteiger partial charge in [-0.1, -0.05) is 45.0 Å². The van der Waals surface area contributed by atoms with E-state index in [-0.39, 0.29) is 10.7 Å². The molecule has 3 nitrogen and oxygen atoms in total. The van der Waals surface area contributed by atoms with Gasteiger partial charge >= 0.3 is 0 Å². The van der Waals surface area contributed by atoms with E-state index in [0.29, 0.717) is 5.82 Å². The minimum Gasteiger partial charge on any atom is -0.384 e. The molecular weight excluding hydrogens is 246 g/mol. The first kappa shape index (κ1) is 12.8. The lowest BCUT2D eigenvalue weighted by Gasteiger charge is -2.19. The molecule has 0 fully saturated rings. The Bertz CT molecular complexity index is 536. The summed E-state index contributed by atoms with van der Waals surface area (Å²) in [7, 11) is 0. The molecule has 0 aliphatic rings. The molecule has 2 N–H and O–H groups in total. The number of halogens is 1. The van der Waals surface area contributed by atoms with Crippen LogP contribution in [-0.2, 0) is 5.41 Å². The monoisotopic (exact) mass is 261 g/mol. The molecule has 0 unspecified atom stereocenters. The lowest BCUT2D eigenvalue weighted by molar-refractivity contribution is 0.590. The summed E-state index contributed by atoms with van der Waals surface area (Å²) >= 11 is 5.80. The Hall–Kier alpha value is -1.61. The third-order valence-electron chi connectivity index (χ3n) is 2.77. The molecule has 1 aromatic heterocycles. The Labute approximate surface area is 112 Å². The summed E-state index contributed by atoms with van der Waals surface area (Å²) in [5.74, 6) is 0.380. The molecule has 0 aliphatic carbocycles. The highest BCUT2D eigenvalue weighted by Crippen LogP contribution is 2.26. The normalized spacial score (nSPS) is 11.6. The van der Waals surface area contributed by atoms with E-state index >= 15 is 0 Å². The van der Waals surface area contributed by atoms with Gasteiger partial charge in [0.1, 0.15) is 5.82 Å². The van der Waals surface area contributed by atoms with E-state index in [0.717, 1.165) is 11.3 Å². The molecule has 4 heteroatoms. The average Bonchev–Trinajstić information content (AvgIpc) is 2.27. The van der Waals surface area contributed by atoms with Crippen molar-refractivity contribution in [2.45, 2.75) is 26.2 Å². The van der Waals surface area contributed by atoms with Gasteiger partial charge in [-0.2, -0.15) is 0 Å². The smallest absolute Gasteiger partial charge is 0.224 e. The number of hydrogen-bond donors (Lipinski definition) is 1. The molecule has 0 radical (unpaired) electrons. The van der Waals surface area contributed by atoms with Gasteiger partial charge < -0.3 is 5.73 Å². The summed E-state index contributed by atoms with van der Waals surface area (Å²) in [6.45, 7) is 6.55. The predicted octanol–water partition coefficient (Wildman–Crippen LogP) is 3.68. The molecule has 1 heterocycles. The topological polar surface area (TPSA) is 51.8 Å². The van der Waals surface area contributed by atoms with Crippen LogP contribution in [-0.4, -0.2) is 9.97 Å². The quantitative estimate of drug-likeness (QED) is 0.797. The van der Waals surface area contributed by atoms with Crippen molar-refractivity contribution in [3.8, 4) is 11.3 Å². The van der Waals surface area contributed by atoms with Crippen molar-refractivity contribution in [3.05, 3.63) is 41.2 Å². The van der Waals surface area contributed by atoms with Crippen molar-refractivity contribution < 1.29 is 0 Å². The summed E-state index contributed by atoms with van der Waals surface area (Å²) < 4.78 is 0. The van der Waals surface area contributed by atoms with Crippen LogP contribution in [0.3, 0.4) is 0 Å². The highest BCUT2D eigenvalue weighted by molar-refractivity contribution is 6.28. The van der Waals surface area contributed by atoms with Crippen LogP contribution < -0.4 is 5.73 Å². The highest BCUT2D eigenvalue weighted by atomic mass is 35.5. The van der Waals surface area contributed by atoms with E-state index in [2.05, 4.69) is 42.9 Å². The summed E-state index contributed by atoms with van der Waals surface area (Å²) in [4.78, 5) is 8.02. The van der Waals surface area contributed by atoms with Gasteiger partial charge in [0.2, 0.25) is 5.28 Å². The van der Waals surface area contributed by atoms with Crippen LogP contribution in [0.15, 0.2) is 30.3 Å². The summed E-state index contributed by atoms with van der Waals surface area (Å²) in [6.07, 6.45) is 0. The molecule has 0 atom stereocenters. The second-order valence-electron chi connectivity index (χ2n) is 5.27. The number of anilines is 1. The molecule has 1 aromatic carbocycles. The third-order valence-corrected chi connectivity index (χ3v) is 2.93. The predicted molar refractivity (Wildman–Crippen MR) is 75.6 cm³/mol. The Balaban J connectivity index is 2.40. The number of hydrogen-bond acceptors (Lipinski definition) is 3. The van der Waals surface area contributed by atoms with Crippen LogP contribution in [0.2, 0.25) is 5.28 Å². The van der Waals surface area contributed by atoms with Crippen LogP contribution in [0.5, 0.6) is 0 Å². The maximum absolute atomic E-state index is 5.80. The number of benzene rings is 1. The minimum atomic E-state index is 0.140. The second-order valence-corrected chi connectivity index (χ2v) is 5.61. The number of rotatable bonds is 1. The molecule has 0 aliphatic heterocycles. The fraction of sp³-hybridized carbons (Fsp3) is 0.286. The summed E-state index contributed by atoms with van der Waals surface area (Å²) in [6, 6.07) is 9.97. The fourth-order valence-corrected chi connectivity index (χ4v) is 1.91. The first-order chi connectivity index (χ1) is 8.36. The molecule has 0 saturated carbocycles. The maximum atomic E-state index is 5.80. The van der Waals surface area contributed by atoms with E-state index in [4.69, 9.17) is 17.3 Å². The number of nitrogens with zero attached hydrogens (tertiary/aromatic N) is 2. The van der Waals surface area contributed by atoms with Crippen molar-refractivity contribution in [2.24, 2.45) is 0 Å². The van der Waals surface area contributed by atoms with Crippen LogP contribution in [0.4, 0.5) is 5.82 Å². The number of nitrogen functional groups attached to an aromatic ring is 1. The van der Waals surface area contributed by atoms with Crippen LogP contribution in [0.25, 0.3) is 11.3 Å². The summed E-state index contributed by atoms with van der Waals surface area (Å²) in [5, 5.41) is 0.171. The van der Waals surface area contributed by atoms with Crippen molar-refractivity contribution in [1.82, 2.24) is 9.97 Å². The van der Waals surface area contributed by atoms with Gasteiger partial charge in [0, 0.05) is 11.6 Å². The van der Waals surface area contributed by atoms with Gasteiger partial charge in [-0.05, 0) is 22.6 Å². The maximum Gasteiger partial charge on any atom is 0.224 e. The molecule has 0 saturated heterocycles. The van der Waals surface area contributed by atoms with Gasteiger partial charge in [-0.15, -0.1) is 0 Å². The van der Waals surface area contributed by atoms with Crippen molar-refractivity contribution in [3.63, 3.8) is 0 Å². The van der Waals surface area contributed by atoms with E-state index < -0.39 is 0 Å². The molecule has 2 aromatic rings. The lowest BCUT2D eigenvalue weighted by atomic mass is 9.86.